The second-order valence-corrected chi connectivity index (χ2v) is 6.84. The fourth-order valence-corrected chi connectivity index (χ4v) is 2.10. The Hall–Kier alpha value is -2.25. The minimum atomic E-state index is -8.71. The van der Waals surface area contributed by atoms with E-state index in [-0.39, 0.29) is 0 Å². The van der Waals surface area contributed by atoms with Gasteiger partial charge in [-0.25, -0.2) is 0 Å². The summed E-state index contributed by atoms with van der Waals surface area (Å²) in [5.41, 5.74) is 0. The molecule has 4 nitrogen and oxygen atoms in total. The normalized spacial score (nSPS) is 15.1. The molecule has 21 heteroatoms. The zero-order chi connectivity index (χ0) is 29.4. The Morgan fingerprint density at radius 1 is 0.556 bits per heavy atom. The zero-order valence-corrected chi connectivity index (χ0v) is 16.6. The summed E-state index contributed by atoms with van der Waals surface area (Å²) in [6, 6.07) is 0. The topological polar surface area (TPSA) is 66.4 Å². The highest BCUT2D eigenvalue weighted by atomic mass is 19.4. The highest BCUT2D eigenvalue weighted by Gasteiger charge is 2.95. The first kappa shape index (κ1) is 33.8. The van der Waals surface area contributed by atoms with E-state index in [0.29, 0.717) is 0 Å². The number of carboxylic acids is 1. The monoisotopic (exact) mass is 577 g/mol. The molecule has 0 bridgehead atoms. The molecule has 0 radical (unpaired) electrons. The Bertz CT molecular complexity index is 802. The van der Waals surface area contributed by atoms with Gasteiger partial charge in [-0.1, -0.05) is 0 Å². The largest absolute Gasteiger partial charge is 0.550 e. The maximum absolute atomic E-state index is 13.6. The van der Waals surface area contributed by atoms with E-state index in [2.05, 4.69) is 4.74 Å². The second-order valence-electron chi connectivity index (χ2n) is 6.84. The van der Waals surface area contributed by atoms with Crippen molar-refractivity contribution in [2.24, 2.45) is 0 Å². The smallest absolute Gasteiger partial charge is 0.460 e. The van der Waals surface area contributed by atoms with Gasteiger partial charge in [-0.05, 0) is 12.8 Å². The average molecular weight is 577 g/mol. The van der Waals surface area contributed by atoms with Crippen LogP contribution in [0.15, 0.2) is 0 Å². The third-order valence-corrected chi connectivity index (χ3v) is 4.23. The molecule has 0 fully saturated rings. The maximum atomic E-state index is 13.6. The van der Waals surface area contributed by atoms with Crippen molar-refractivity contribution in [2.45, 2.75) is 73.3 Å². The van der Waals surface area contributed by atoms with Crippen LogP contribution in [0, 0.1) is 0 Å². The van der Waals surface area contributed by atoms with Gasteiger partial charge in [0.2, 0.25) is 0 Å². The summed E-state index contributed by atoms with van der Waals surface area (Å²) in [5, 5.41) is 10.1. The first-order valence-electron chi connectivity index (χ1n) is 8.63. The van der Waals surface area contributed by atoms with Crippen LogP contribution < -0.4 is 5.11 Å². The molecule has 0 rings (SSSR count). The van der Waals surface area contributed by atoms with Gasteiger partial charge in [0.1, 0.15) is 0 Å². The molecule has 0 atom stereocenters. The Morgan fingerprint density at radius 3 is 1.28 bits per heavy atom. The van der Waals surface area contributed by atoms with Crippen molar-refractivity contribution < 1.29 is 94.1 Å². The standard InChI is InChI=1S/C15H11F17O4/c16-8(17,4-5-36-7(35)3-1-2-6(33)34)9(18,19)10(20,21)11(22,23)12(24,25)13(26,27)14(28,29)15(30,31)32/h1-5H2,(H,33,34)/p-1. The lowest BCUT2D eigenvalue weighted by atomic mass is 9.88. The number of hydrogen-bond acceptors (Lipinski definition) is 4. The third kappa shape index (κ3) is 5.52. The molecular weight excluding hydrogens is 567 g/mol. The lowest BCUT2D eigenvalue weighted by Gasteiger charge is -2.42. The van der Waals surface area contributed by atoms with Crippen molar-refractivity contribution in [3.8, 4) is 0 Å². The van der Waals surface area contributed by atoms with Crippen LogP contribution in [0.2, 0.25) is 0 Å². The molecule has 0 aromatic carbocycles. The van der Waals surface area contributed by atoms with E-state index in [0.717, 1.165) is 0 Å². The Kier molecular flexibility index (Phi) is 9.28. The number of rotatable bonds is 13. The lowest BCUT2D eigenvalue weighted by molar-refractivity contribution is -0.461. The maximum Gasteiger partial charge on any atom is 0.460 e. The molecular formula is C15H10F17O4-. The second kappa shape index (κ2) is 9.90. The quantitative estimate of drug-likeness (QED) is 0.232. The van der Waals surface area contributed by atoms with E-state index in [9.17, 15) is 89.3 Å². The van der Waals surface area contributed by atoms with Crippen molar-refractivity contribution in [1.29, 1.82) is 0 Å². The molecule has 0 amide bonds. The van der Waals surface area contributed by atoms with Crippen LogP contribution in [0.5, 0.6) is 0 Å². The van der Waals surface area contributed by atoms with Crippen LogP contribution in [-0.4, -0.2) is 66.2 Å². The van der Waals surface area contributed by atoms with Crippen LogP contribution >= 0.6 is 0 Å². The Labute approximate surface area is 187 Å². The number of carbonyl (C=O) groups excluding carboxylic acids is 2. The highest BCUT2D eigenvalue weighted by molar-refractivity contribution is 5.70. The van der Waals surface area contributed by atoms with Crippen LogP contribution in [-0.2, 0) is 14.3 Å². The number of esters is 1. The molecule has 0 saturated carbocycles. The average Bonchev–Trinajstić information content (AvgIpc) is 2.65. The molecule has 36 heavy (non-hydrogen) atoms. The summed E-state index contributed by atoms with van der Waals surface area (Å²) in [6.07, 6.45) is -13.1. The predicted octanol–water partition coefficient (Wildman–Crippen LogP) is 4.85. The van der Waals surface area contributed by atoms with Gasteiger partial charge in [0.15, 0.2) is 0 Å². The summed E-state index contributed by atoms with van der Waals surface area (Å²) in [6.45, 7) is -2.08. The molecule has 0 aromatic heterocycles. The van der Waals surface area contributed by atoms with E-state index in [1.807, 2.05) is 0 Å². The summed E-state index contributed by atoms with van der Waals surface area (Å²) < 4.78 is 226. The summed E-state index contributed by atoms with van der Waals surface area (Å²) in [5.74, 6) is -60.5. The predicted molar refractivity (Wildman–Crippen MR) is 75.1 cm³/mol. The number of carbonyl (C=O) groups is 2. The van der Waals surface area contributed by atoms with E-state index in [1.165, 1.54) is 0 Å². The molecule has 0 aliphatic heterocycles. The van der Waals surface area contributed by atoms with Crippen molar-refractivity contribution in [3.63, 3.8) is 0 Å². The zero-order valence-electron chi connectivity index (χ0n) is 16.6. The highest BCUT2D eigenvalue weighted by Crippen LogP contribution is 2.64. The number of carboxylic acid groups (broad SMARTS) is 1. The summed E-state index contributed by atoms with van der Waals surface area (Å²) in [4.78, 5) is 21.1. The SMILES string of the molecule is O=C([O-])CCCC(=O)OCCC(F)(F)C(F)(F)C(F)(F)C(F)(F)C(F)(F)C(F)(F)C(F)(F)C(F)(F)F. The minimum Gasteiger partial charge on any atom is -0.550 e. The first-order valence-corrected chi connectivity index (χ1v) is 8.63. The van der Waals surface area contributed by atoms with E-state index in [1.54, 1.807) is 0 Å². The van der Waals surface area contributed by atoms with Gasteiger partial charge in [0, 0.05) is 12.4 Å². The van der Waals surface area contributed by atoms with E-state index in [4.69, 9.17) is 0 Å². The molecule has 214 valence electrons. The molecule has 0 aliphatic carbocycles. The van der Waals surface area contributed by atoms with Crippen LogP contribution in [0.3, 0.4) is 0 Å². The van der Waals surface area contributed by atoms with Crippen LogP contribution in [0.25, 0.3) is 0 Å². The Balaban J connectivity index is 6.00. The fraction of sp³-hybridized carbons (Fsp3) is 0.867. The summed E-state index contributed by atoms with van der Waals surface area (Å²) in [7, 11) is 0. The van der Waals surface area contributed by atoms with Gasteiger partial charge < -0.3 is 14.6 Å². The molecule has 0 N–H and O–H groups in total. The van der Waals surface area contributed by atoms with Crippen molar-refractivity contribution in [2.75, 3.05) is 6.61 Å². The molecule has 0 saturated heterocycles. The van der Waals surface area contributed by atoms with Gasteiger partial charge >= 0.3 is 53.6 Å². The van der Waals surface area contributed by atoms with Crippen molar-refractivity contribution in [1.82, 2.24) is 0 Å². The molecule has 0 heterocycles. The van der Waals surface area contributed by atoms with E-state index >= 15 is 0 Å². The van der Waals surface area contributed by atoms with Gasteiger partial charge in [-0.2, -0.15) is 74.6 Å². The molecule has 0 aromatic rings. The summed E-state index contributed by atoms with van der Waals surface area (Å²) >= 11 is 0. The Morgan fingerprint density at radius 2 is 0.917 bits per heavy atom. The van der Waals surface area contributed by atoms with Gasteiger partial charge in [0.05, 0.1) is 13.0 Å². The van der Waals surface area contributed by atoms with E-state index < -0.39 is 91.9 Å². The van der Waals surface area contributed by atoms with Crippen molar-refractivity contribution >= 4 is 11.9 Å². The van der Waals surface area contributed by atoms with Crippen molar-refractivity contribution in [3.05, 3.63) is 0 Å². The number of hydrogen-bond donors (Lipinski definition) is 0. The molecule has 0 spiro atoms. The lowest BCUT2D eigenvalue weighted by Crippen LogP contribution is -2.74. The number of ether oxygens (including phenoxy) is 1. The van der Waals surface area contributed by atoms with Gasteiger partial charge in [-0.3, -0.25) is 4.79 Å². The molecule has 0 unspecified atom stereocenters. The fourth-order valence-electron chi connectivity index (χ4n) is 2.10. The van der Waals surface area contributed by atoms with Gasteiger partial charge in [0.25, 0.3) is 0 Å². The number of aliphatic carboxylic acids is 1. The first-order chi connectivity index (χ1) is 15.6. The number of alkyl halides is 17. The third-order valence-electron chi connectivity index (χ3n) is 4.23. The van der Waals surface area contributed by atoms with Crippen LogP contribution in [0.4, 0.5) is 74.6 Å². The number of halogens is 17. The minimum absolute atomic E-state index is 0.593. The van der Waals surface area contributed by atoms with Gasteiger partial charge in [-0.15, -0.1) is 0 Å². The molecule has 0 aliphatic rings. The van der Waals surface area contributed by atoms with Crippen LogP contribution in [0.1, 0.15) is 25.7 Å².